The Morgan fingerprint density at radius 1 is 1.06 bits per heavy atom. The second kappa shape index (κ2) is 9.85. The molecule has 3 aromatic rings. The van der Waals surface area contributed by atoms with E-state index in [9.17, 15) is 22.8 Å². The van der Waals surface area contributed by atoms with Crippen LogP contribution < -0.4 is 0 Å². The lowest BCUT2D eigenvalue weighted by Gasteiger charge is -2.38. The summed E-state index contributed by atoms with van der Waals surface area (Å²) in [4.78, 5) is 31.3. The molecule has 0 saturated carbocycles. The molecule has 8 heteroatoms. The van der Waals surface area contributed by atoms with E-state index in [0.29, 0.717) is 6.54 Å². The predicted octanol–water partition coefficient (Wildman–Crippen LogP) is 6.10. The highest BCUT2D eigenvalue weighted by Gasteiger charge is 2.35. The number of carbonyl (C=O) groups is 2. The van der Waals surface area contributed by atoms with Crippen molar-refractivity contribution >= 4 is 23.2 Å². The molecule has 1 unspecified atom stereocenters. The van der Waals surface area contributed by atoms with Crippen LogP contribution in [-0.2, 0) is 17.4 Å². The van der Waals surface area contributed by atoms with Crippen molar-refractivity contribution in [2.45, 2.75) is 45.5 Å². The number of thiophene rings is 1. The minimum Gasteiger partial charge on any atom is -0.330 e. The summed E-state index contributed by atoms with van der Waals surface area (Å²) in [6.45, 7) is 5.97. The third kappa shape index (κ3) is 5.27. The SMILES string of the molecule is Cc1ccc(C2c3ccsc3CCN2C(=O)CN(C(=O)c2ccc(C(F)(F)F)cc2)C(C)C)cc1. The van der Waals surface area contributed by atoms with Crippen LogP contribution in [0.4, 0.5) is 13.2 Å². The molecule has 1 aliphatic heterocycles. The Hall–Kier alpha value is -3.13. The second-order valence-electron chi connectivity index (χ2n) is 9.05. The Bertz CT molecular complexity index is 1200. The van der Waals surface area contributed by atoms with Gasteiger partial charge in [0.15, 0.2) is 0 Å². The summed E-state index contributed by atoms with van der Waals surface area (Å²) in [5.74, 6) is -0.663. The molecule has 2 aromatic carbocycles. The van der Waals surface area contributed by atoms with Gasteiger partial charge in [0.1, 0.15) is 6.54 Å². The minimum absolute atomic E-state index is 0.119. The van der Waals surface area contributed by atoms with Crippen molar-refractivity contribution in [2.24, 2.45) is 0 Å². The predicted molar refractivity (Wildman–Crippen MR) is 130 cm³/mol. The molecule has 0 fully saturated rings. The van der Waals surface area contributed by atoms with E-state index >= 15 is 0 Å². The largest absolute Gasteiger partial charge is 0.416 e. The molecule has 0 N–H and O–H groups in total. The zero-order chi connectivity index (χ0) is 25.3. The number of hydrogen-bond acceptors (Lipinski definition) is 3. The van der Waals surface area contributed by atoms with E-state index in [-0.39, 0.29) is 30.1 Å². The van der Waals surface area contributed by atoms with E-state index in [0.717, 1.165) is 35.2 Å². The lowest BCUT2D eigenvalue weighted by Crippen LogP contribution is -2.48. The van der Waals surface area contributed by atoms with Gasteiger partial charge in [-0.3, -0.25) is 9.59 Å². The molecule has 0 radical (unpaired) electrons. The molecule has 4 rings (SSSR count). The van der Waals surface area contributed by atoms with Crippen LogP contribution in [0.5, 0.6) is 0 Å². The standard InChI is InChI=1S/C27H27F3N2O2S/c1-17(2)32(26(34)20-8-10-21(11-9-20)27(28,29)30)16-24(33)31-14-12-23-22(13-15-35-23)25(31)19-6-4-18(3)5-7-19/h4-11,13,15,17,25H,12,14,16H2,1-3H3. The van der Waals surface area contributed by atoms with Gasteiger partial charge in [-0.1, -0.05) is 29.8 Å². The molecule has 2 heterocycles. The number of carbonyl (C=O) groups excluding carboxylic acids is 2. The number of rotatable bonds is 5. The molecule has 4 nitrogen and oxygen atoms in total. The summed E-state index contributed by atoms with van der Waals surface area (Å²) >= 11 is 1.68. The first kappa shape index (κ1) is 25.0. The van der Waals surface area contributed by atoms with Crippen LogP contribution in [0.25, 0.3) is 0 Å². The highest BCUT2D eigenvalue weighted by molar-refractivity contribution is 7.10. The maximum absolute atomic E-state index is 13.6. The number of fused-ring (bicyclic) bond motifs is 1. The maximum atomic E-state index is 13.6. The van der Waals surface area contributed by atoms with Gasteiger partial charge in [0.25, 0.3) is 5.91 Å². The number of aryl methyl sites for hydroxylation is 1. The van der Waals surface area contributed by atoms with Gasteiger partial charge in [0, 0.05) is 23.0 Å². The summed E-state index contributed by atoms with van der Waals surface area (Å²) in [5, 5.41) is 2.04. The summed E-state index contributed by atoms with van der Waals surface area (Å²) in [7, 11) is 0. The Morgan fingerprint density at radius 3 is 2.31 bits per heavy atom. The first-order valence-corrected chi connectivity index (χ1v) is 12.3. The van der Waals surface area contributed by atoms with E-state index < -0.39 is 17.6 Å². The molecule has 1 aromatic heterocycles. The van der Waals surface area contributed by atoms with E-state index in [1.807, 2.05) is 41.5 Å². The number of nitrogens with zero attached hydrogens (tertiary/aromatic N) is 2. The number of alkyl halides is 3. The summed E-state index contributed by atoms with van der Waals surface area (Å²) in [6.07, 6.45) is -3.73. The second-order valence-corrected chi connectivity index (χ2v) is 10.1. The highest BCUT2D eigenvalue weighted by atomic mass is 32.1. The smallest absolute Gasteiger partial charge is 0.330 e. The molecule has 2 amide bonds. The molecule has 0 aliphatic carbocycles. The number of halogens is 3. The minimum atomic E-state index is -4.48. The van der Waals surface area contributed by atoms with Crippen molar-refractivity contribution in [2.75, 3.05) is 13.1 Å². The molecule has 1 aliphatic rings. The van der Waals surface area contributed by atoms with Gasteiger partial charge in [-0.05, 0) is 74.0 Å². The van der Waals surface area contributed by atoms with Gasteiger partial charge in [0.2, 0.25) is 5.91 Å². The molecular weight excluding hydrogens is 473 g/mol. The van der Waals surface area contributed by atoms with E-state index in [2.05, 4.69) is 6.07 Å². The third-order valence-electron chi connectivity index (χ3n) is 6.33. The van der Waals surface area contributed by atoms with Gasteiger partial charge in [-0.2, -0.15) is 13.2 Å². The molecule has 0 saturated heterocycles. The lowest BCUT2D eigenvalue weighted by molar-refractivity contribution is -0.137. The third-order valence-corrected chi connectivity index (χ3v) is 7.32. The van der Waals surface area contributed by atoms with Crippen LogP contribution in [0.3, 0.4) is 0 Å². The van der Waals surface area contributed by atoms with E-state index in [4.69, 9.17) is 0 Å². The fourth-order valence-corrected chi connectivity index (χ4v) is 5.29. The van der Waals surface area contributed by atoms with Crippen molar-refractivity contribution in [3.8, 4) is 0 Å². The monoisotopic (exact) mass is 500 g/mol. The zero-order valence-corrected chi connectivity index (χ0v) is 20.6. The van der Waals surface area contributed by atoms with Crippen LogP contribution >= 0.6 is 11.3 Å². The van der Waals surface area contributed by atoms with Crippen molar-refractivity contribution in [3.63, 3.8) is 0 Å². The van der Waals surface area contributed by atoms with Crippen molar-refractivity contribution in [3.05, 3.63) is 92.7 Å². The van der Waals surface area contributed by atoms with Gasteiger partial charge >= 0.3 is 6.18 Å². The normalized spacial score (nSPS) is 15.7. The van der Waals surface area contributed by atoms with Gasteiger partial charge < -0.3 is 9.80 Å². The Kier molecular flexibility index (Phi) is 7.03. The maximum Gasteiger partial charge on any atom is 0.416 e. The fourth-order valence-electron chi connectivity index (χ4n) is 4.39. The van der Waals surface area contributed by atoms with E-state index in [1.165, 1.54) is 21.9 Å². The fraction of sp³-hybridized carbons (Fsp3) is 0.333. The Morgan fingerprint density at radius 2 is 1.71 bits per heavy atom. The first-order chi connectivity index (χ1) is 16.6. The van der Waals surface area contributed by atoms with Crippen LogP contribution in [0.1, 0.15) is 57.4 Å². The molecular formula is C27H27F3N2O2S. The summed E-state index contributed by atoms with van der Waals surface area (Å²) in [6, 6.07) is 13.7. The number of amides is 2. The van der Waals surface area contributed by atoms with Gasteiger partial charge in [0.05, 0.1) is 11.6 Å². The molecule has 184 valence electrons. The molecule has 0 spiro atoms. The average molecular weight is 501 g/mol. The van der Waals surface area contributed by atoms with Gasteiger partial charge in [-0.15, -0.1) is 11.3 Å². The molecule has 0 bridgehead atoms. The van der Waals surface area contributed by atoms with Crippen LogP contribution in [0.2, 0.25) is 0 Å². The van der Waals surface area contributed by atoms with Crippen LogP contribution in [0.15, 0.2) is 60.0 Å². The van der Waals surface area contributed by atoms with Crippen molar-refractivity contribution in [1.82, 2.24) is 9.80 Å². The molecule has 1 atom stereocenters. The van der Waals surface area contributed by atoms with Crippen molar-refractivity contribution in [1.29, 1.82) is 0 Å². The first-order valence-electron chi connectivity index (χ1n) is 11.5. The quantitative estimate of drug-likeness (QED) is 0.425. The highest BCUT2D eigenvalue weighted by Crippen LogP contribution is 2.38. The van der Waals surface area contributed by atoms with Crippen molar-refractivity contribution < 1.29 is 22.8 Å². The van der Waals surface area contributed by atoms with Crippen LogP contribution in [-0.4, -0.2) is 40.7 Å². The average Bonchev–Trinajstić information content (AvgIpc) is 3.30. The molecule has 35 heavy (non-hydrogen) atoms. The number of hydrogen-bond donors (Lipinski definition) is 0. The lowest BCUT2D eigenvalue weighted by atomic mass is 9.92. The Labute approximate surface area is 207 Å². The summed E-state index contributed by atoms with van der Waals surface area (Å²) < 4.78 is 38.8. The Balaban J connectivity index is 1.59. The van der Waals surface area contributed by atoms with E-state index in [1.54, 1.807) is 25.2 Å². The topological polar surface area (TPSA) is 40.6 Å². The summed E-state index contributed by atoms with van der Waals surface area (Å²) in [5.41, 5.74) is 2.54. The zero-order valence-electron chi connectivity index (χ0n) is 19.8. The number of benzene rings is 2. The van der Waals surface area contributed by atoms with Gasteiger partial charge in [-0.25, -0.2) is 0 Å². The van der Waals surface area contributed by atoms with Crippen LogP contribution in [0, 0.1) is 6.92 Å².